The highest BCUT2D eigenvalue weighted by molar-refractivity contribution is 5.78. The van der Waals surface area contributed by atoms with E-state index >= 15 is 0 Å². The van der Waals surface area contributed by atoms with Crippen LogP contribution in [0.2, 0.25) is 0 Å². The normalized spacial score (nSPS) is 12.0. The minimum atomic E-state index is -1.22. The molecule has 0 spiro atoms. The minimum Gasteiger partial charge on any atom is -0.496 e. The Morgan fingerprint density at radius 1 is 1.33 bits per heavy atom. The first kappa shape index (κ1) is 14.3. The summed E-state index contributed by atoms with van der Waals surface area (Å²) >= 11 is 0. The van der Waals surface area contributed by atoms with E-state index in [9.17, 15) is 4.79 Å². The number of carbonyl (C=O) groups is 1. The molecule has 0 heterocycles. The Morgan fingerprint density at radius 3 is 2.44 bits per heavy atom. The van der Waals surface area contributed by atoms with E-state index in [1.54, 1.807) is 19.2 Å². The van der Waals surface area contributed by atoms with Gasteiger partial charge in [-0.15, -0.1) is 0 Å². The fourth-order valence-corrected chi connectivity index (χ4v) is 1.73. The van der Waals surface area contributed by atoms with E-state index < -0.39 is 12.0 Å². The van der Waals surface area contributed by atoms with Crippen LogP contribution in [0, 0.1) is 0 Å². The average Bonchev–Trinajstić information content (AvgIpc) is 2.37. The highest BCUT2D eigenvalue weighted by Crippen LogP contribution is 2.36. The van der Waals surface area contributed by atoms with Gasteiger partial charge in [-0.3, -0.25) is 4.79 Å². The largest absolute Gasteiger partial charge is 0.496 e. The Hall–Kier alpha value is -1.79. The van der Waals surface area contributed by atoms with Crippen molar-refractivity contribution in [3.05, 3.63) is 23.3 Å². The van der Waals surface area contributed by atoms with Gasteiger partial charge in [-0.2, -0.15) is 0 Å². The summed E-state index contributed by atoms with van der Waals surface area (Å²) in [5.41, 5.74) is 6.68. The first-order valence-corrected chi connectivity index (χ1v) is 5.27. The number of ether oxygens (including phenoxy) is 3. The Balaban J connectivity index is 3.40. The standard InChI is InChI=1S/C12H17NO5/c1-16-6-7-4-5-8(17-2)9(11(7)18-3)10(13)12(14)15/h4-5,10H,6,13H2,1-3H3,(H,14,15). The molecule has 1 rings (SSSR count). The van der Waals surface area contributed by atoms with Crippen LogP contribution in [-0.4, -0.2) is 32.4 Å². The van der Waals surface area contributed by atoms with Crippen molar-refractivity contribution in [3.63, 3.8) is 0 Å². The smallest absolute Gasteiger partial charge is 0.325 e. The van der Waals surface area contributed by atoms with Crippen molar-refractivity contribution in [2.45, 2.75) is 12.6 Å². The monoisotopic (exact) mass is 255 g/mol. The topological polar surface area (TPSA) is 91.0 Å². The van der Waals surface area contributed by atoms with Gasteiger partial charge in [0.25, 0.3) is 0 Å². The van der Waals surface area contributed by atoms with Crippen LogP contribution in [-0.2, 0) is 16.1 Å². The number of hydrogen-bond acceptors (Lipinski definition) is 5. The van der Waals surface area contributed by atoms with Crippen LogP contribution in [0.4, 0.5) is 0 Å². The lowest BCUT2D eigenvalue weighted by Crippen LogP contribution is -2.22. The number of aliphatic carboxylic acids is 1. The first-order valence-electron chi connectivity index (χ1n) is 5.27. The summed E-state index contributed by atoms with van der Waals surface area (Å²) in [6.07, 6.45) is 0. The second-order valence-electron chi connectivity index (χ2n) is 3.62. The average molecular weight is 255 g/mol. The van der Waals surface area contributed by atoms with Crippen molar-refractivity contribution >= 4 is 5.97 Å². The fourth-order valence-electron chi connectivity index (χ4n) is 1.73. The summed E-state index contributed by atoms with van der Waals surface area (Å²) in [4.78, 5) is 11.0. The van der Waals surface area contributed by atoms with Crippen LogP contribution in [0.1, 0.15) is 17.2 Å². The zero-order valence-electron chi connectivity index (χ0n) is 10.6. The lowest BCUT2D eigenvalue weighted by atomic mass is 10.0. The molecule has 0 bridgehead atoms. The highest BCUT2D eigenvalue weighted by Gasteiger charge is 2.25. The molecule has 1 atom stereocenters. The summed E-state index contributed by atoms with van der Waals surface area (Å²) in [5.74, 6) is -0.395. The molecule has 6 nitrogen and oxygen atoms in total. The molecule has 0 aliphatic carbocycles. The van der Waals surface area contributed by atoms with Gasteiger partial charge < -0.3 is 25.1 Å². The van der Waals surface area contributed by atoms with Gasteiger partial charge in [0.05, 0.1) is 26.4 Å². The lowest BCUT2D eigenvalue weighted by molar-refractivity contribution is -0.138. The van der Waals surface area contributed by atoms with Crippen LogP contribution in [0.15, 0.2) is 12.1 Å². The predicted octanol–water partition coefficient (Wildman–Crippen LogP) is 0.935. The molecule has 1 aromatic carbocycles. The zero-order valence-corrected chi connectivity index (χ0v) is 10.6. The molecule has 0 aliphatic heterocycles. The Labute approximate surface area is 105 Å². The van der Waals surface area contributed by atoms with E-state index in [0.717, 1.165) is 0 Å². The fraction of sp³-hybridized carbons (Fsp3) is 0.417. The molecule has 1 aromatic rings. The van der Waals surface area contributed by atoms with Gasteiger partial charge in [-0.05, 0) is 12.1 Å². The third-order valence-electron chi connectivity index (χ3n) is 2.54. The van der Waals surface area contributed by atoms with Crippen molar-refractivity contribution in [3.8, 4) is 11.5 Å². The molecule has 0 fully saturated rings. The number of nitrogens with two attached hydrogens (primary N) is 1. The van der Waals surface area contributed by atoms with E-state index in [2.05, 4.69) is 0 Å². The summed E-state index contributed by atoms with van der Waals surface area (Å²) < 4.78 is 15.4. The Morgan fingerprint density at radius 2 is 2.00 bits per heavy atom. The molecular formula is C12H17NO5. The van der Waals surface area contributed by atoms with Crippen molar-refractivity contribution in [2.75, 3.05) is 21.3 Å². The lowest BCUT2D eigenvalue weighted by Gasteiger charge is -2.19. The number of hydrogen-bond donors (Lipinski definition) is 2. The molecule has 100 valence electrons. The van der Waals surface area contributed by atoms with Gasteiger partial charge in [-0.1, -0.05) is 0 Å². The predicted molar refractivity (Wildman–Crippen MR) is 64.8 cm³/mol. The minimum absolute atomic E-state index is 0.298. The van der Waals surface area contributed by atoms with Crippen LogP contribution in [0.3, 0.4) is 0 Å². The molecule has 1 unspecified atom stereocenters. The molecule has 0 aromatic heterocycles. The molecule has 6 heteroatoms. The molecule has 0 aliphatic rings. The van der Waals surface area contributed by atoms with E-state index in [0.29, 0.717) is 29.2 Å². The van der Waals surface area contributed by atoms with E-state index in [1.165, 1.54) is 14.2 Å². The number of methoxy groups -OCH3 is 3. The number of carboxylic acids is 1. The molecule has 0 saturated carbocycles. The number of rotatable bonds is 6. The summed E-state index contributed by atoms with van der Waals surface area (Å²) in [7, 11) is 4.44. The van der Waals surface area contributed by atoms with Gasteiger partial charge in [0.15, 0.2) is 0 Å². The maximum Gasteiger partial charge on any atom is 0.325 e. The van der Waals surface area contributed by atoms with E-state index in [4.69, 9.17) is 25.1 Å². The SMILES string of the molecule is COCc1ccc(OC)c(C(N)C(=O)O)c1OC. The van der Waals surface area contributed by atoms with Crippen LogP contribution < -0.4 is 15.2 Å². The van der Waals surface area contributed by atoms with Crippen LogP contribution in [0.5, 0.6) is 11.5 Å². The van der Waals surface area contributed by atoms with Crippen molar-refractivity contribution < 1.29 is 24.1 Å². The second kappa shape index (κ2) is 6.23. The first-order chi connectivity index (χ1) is 8.56. The number of carboxylic acid groups (broad SMARTS) is 1. The maximum absolute atomic E-state index is 11.0. The number of benzene rings is 1. The van der Waals surface area contributed by atoms with Crippen molar-refractivity contribution in [2.24, 2.45) is 5.73 Å². The summed E-state index contributed by atoms with van der Waals surface area (Å²) in [6, 6.07) is 2.18. The summed E-state index contributed by atoms with van der Waals surface area (Å²) in [6.45, 7) is 0.298. The van der Waals surface area contributed by atoms with Crippen molar-refractivity contribution in [1.29, 1.82) is 0 Å². The second-order valence-corrected chi connectivity index (χ2v) is 3.62. The maximum atomic E-state index is 11.0. The van der Waals surface area contributed by atoms with Gasteiger partial charge in [0.1, 0.15) is 17.5 Å². The molecule has 3 N–H and O–H groups in total. The van der Waals surface area contributed by atoms with E-state index in [1.807, 2.05) is 0 Å². The quantitative estimate of drug-likeness (QED) is 0.786. The highest BCUT2D eigenvalue weighted by atomic mass is 16.5. The molecule has 0 radical (unpaired) electrons. The van der Waals surface area contributed by atoms with Gasteiger partial charge in [0, 0.05) is 12.7 Å². The Kier molecular flexibility index (Phi) is 4.94. The van der Waals surface area contributed by atoms with Crippen LogP contribution in [0.25, 0.3) is 0 Å². The van der Waals surface area contributed by atoms with Crippen LogP contribution >= 0.6 is 0 Å². The molecule has 0 amide bonds. The summed E-state index contributed by atoms with van der Waals surface area (Å²) in [5, 5.41) is 9.03. The third-order valence-corrected chi connectivity index (χ3v) is 2.54. The van der Waals surface area contributed by atoms with E-state index in [-0.39, 0.29) is 0 Å². The molecular weight excluding hydrogens is 238 g/mol. The third kappa shape index (κ3) is 2.72. The van der Waals surface area contributed by atoms with Gasteiger partial charge >= 0.3 is 5.97 Å². The zero-order chi connectivity index (χ0) is 13.7. The van der Waals surface area contributed by atoms with Gasteiger partial charge in [0.2, 0.25) is 0 Å². The van der Waals surface area contributed by atoms with Gasteiger partial charge in [-0.25, -0.2) is 0 Å². The molecule has 0 saturated heterocycles. The van der Waals surface area contributed by atoms with Crippen molar-refractivity contribution in [1.82, 2.24) is 0 Å². The Bertz CT molecular complexity index is 433. The molecule has 18 heavy (non-hydrogen) atoms.